The van der Waals surface area contributed by atoms with Gasteiger partial charge in [-0.2, -0.15) is 0 Å². The van der Waals surface area contributed by atoms with E-state index in [0.29, 0.717) is 0 Å². The van der Waals surface area contributed by atoms with E-state index in [0.717, 1.165) is 5.56 Å². The highest BCUT2D eigenvalue weighted by Gasteiger charge is 2.53. The Balaban J connectivity index is 1.86. The van der Waals surface area contributed by atoms with Crippen molar-refractivity contribution in [3.05, 3.63) is 35.9 Å². The molecule has 2 heterocycles. The van der Waals surface area contributed by atoms with E-state index < -0.39 is 48.9 Å². The van der Waals surface area contributed by atoms with Crippen LogP contribution in [-0.2, 0) is 38.0 Å². The fourth-order valence-electron chi connectivity index (χ4n) is 3.16. The average Bonchev–Trinajstić information content (AvgIpc) is 2.63. The van der Waals surface area contributed by atoms with E-state index in [-0.39, 0.29) is 6.61 Å². The van der Waals surface area contributed by atoms with Gasteiger partial charge in [0.05, 0.1) is 6.61 Å². The van der Waals surface area contributed by atoms with Crippen LogP contribution in [0.3, 0.4) is 0 Å². The Morgan fingerprint density at radius 3 is 2.27 bits per heavy atom. The van der Waals surface area contributed by atoms with Crippen LogP contribution in [-0.4, -0.2) is 56.4 Å². The number of esters is 2. The second-order valence-corrected chi connectivity index (χ2v) is 6.10. The molecule has 1 unspecified atom stereocenters. The van der Waals surface area contributed by atoms with Gasteiger partial charge in [-0.25, -0.2) is 0 Å². The maximum Gasteiger partial charge on any atom is 0.303 e. The maximum atomic E-state index is 11.6. The van der Waals surface area contributed by atoms with Gasteiger partial charge in [0.15, 0.2) is 24.8 Å². The molecule has 1 aromatic rings. The topological polar surface area (TPSA) is 89.5 Å². The number of fused-ring (bicyclic) bond motifs is 1. The summed E-state index contributed by atoms with van der Waals surface area (Å²) in [4.78, 5) is 23.1. The molecule has 0 aromatic heterocycles. The van der Waals surface area contributed by atoms with Crippen molar-refractivity contribution in [3.8, 4) is 0 Å². The molecule has 26 heavy (non-hydrogen) atoms. The van der Waals surface area contributed by atoms with Crippen molar-refractivity contribution in [2.75, 3.05) is 13.7 Å². The first-order valence-corrected chi connectivity index (χ1v) is 8.34. The number of ether oxygens (including phenoxy) is 6. The van der Waals surface area contributed by atoms with E-state index in [4.69, 9.17) is 28.4 Å². The number of carbonyl (C=O) groups excluding carboxylic acids is 2. The minimum Gasteiger partial charge on any atom is -0.455 e. The molecule has 0 amide bonds. The summed E-state index contributed by atoms with van der Waals surface area (Å²) in [6.07, 6.45) is -4.57. The Morgan fingerprint density at radius 2 is 1.65 bits per heavy atom. The normalized spacial score (nSPS) is 33.8. The lowest BCUT2D eigenvalue weighted by atomic mass is 9.97. The molecule has 3 rings (SSSR count). The van der Waals surface area contributed by atoms with Crippen LogP contribution in [0.4, 0.5) is 0 Å². The molecular formula is C18H22O8. The summed E-state index contributed by atoms with van der Waals surface area (Å²) in [5, 5.41) is 0. The van der Waals surface area contributed by atoms with Crippen molar-refractivity contribution in [1.29, 1.82) is 0 Å². The molecule has 0 N–H and O–H groups in total. The van der Waals surface area contributed by atoms with Gasteiger partial charge in [0.25, 0.3) is 0 Å². The lowest BCUT2D eigenvalue weighted by Gasteiger charge is -2.47. The third-order valence-electron chi connectivity index (χ3n) is 4.19. The van der Waals surface area contributed by atoms with E-state index in [2.05, 4.69) is 0 Å². The molecule has 2 fully saturated rings. The van der Waals surface area contributed by atoms with Crippen molar-refractivity contribution in [3.63, 3.8) is 0 Å². The Hall–Kier alpha value is -2.00. The summed E-state index contributed by atoms with van der Waals surface area (Å²) >= 11 is 0. The van der Waals surface area contributed by atoms with Gasteiger partial charge in [-0.15, -0.1) is 0 Å². The van der Waals surface area contributed by atoms with Crippen LogP contribution < -0.4 is 0 Å². The van der Waals surface area contributed by atoms with Gasteiger partial charge in [0.1, 0.15) is 12.2 Å². The van der Waals surface area contributed by atoms with Gasteiger partial charge in [-0.1, -0.05) is 30.3 Å². The monoisotopic (exact) mass is 366 g/mol. The lowest BCUT2D eigenvalue weighted by molar-refractivity contribution is -0.359. The minimum absolute atomic E-state index is 0.217. The van der Waals surface area contributed by atoms with Crippen LogP contribution in [0.5, 0.6) is 0 Å². The van der Waals surface area contributed by atoms with Crippen LogP contribution in [0.25, 0.3) is 0 Å². The van der Waals surface area contributed by atoms with E-state index in [1.807, 2.05) is 30.3 Å². The van der Waals surface area contributed by atoms with Gasteiger partial charge in [0, 0.05) is 26.5 Å². The molecule has 2 saturated heterocycles. The van der Waals surface area contributed by atoms with E-state index in [9.17, 15) is 9.59 Å². The molecule has 2 aliphatic rings. The summed E-state index contributed by atoms with van der Waals surface area (Å²) in [6, 6.07) is 9.38. The number of hydrogen-bond donors (Lipinski definition) is 0. The molecule has 1 aromatic carbocycles. The van der Waals surface area contributed by atoms with Gasteiger partial charge in [-0.3, -0.25) is 9.59 Å². The van der Waals surface area contributed by atoms with Crippen molar-refractivity contribution >= 4 is 11.9 Å². The zero-order valence-electron chi connectivity index (χ0n) is 14.8. The van der Waals surface area contributed by atoms with Crippen molar-refractivity contribution < 1.29 is 38.0 Å². The van der Waals surface area contributed by atoms with Crippen LogP contribution >= 0.6 is 0 Å². The van der Waals surface area contributed by atoms with Crippen LogP contribution in [0.15, 0.2) is 30.3 Å². The highest BCUT2D eigenvalue weighted by molar-refractivity contribution is 5.67. The molecule has 142 valence electrons. The van der Waals surface area contributed by atoms with Crippen molar-refractivity contribution in [2.45, 2.75) is 50.8 Å². The van der Waals surface area contributed by atoms with E-state index >= 15 is 0 Å². The molecule has 6 atom stereocenters. The minimum atomic E-state index is -0.947. The number of rotatable bonds is 4. The van der Waals surface area contributed by atoms with Crippen LogP contribution in [0.2, 0.25) is 0 Å². The maximum absolute atomic E-state index is 11.6. The van der Waals surface area contributed by atoms with Gasteiger partial charge in [0.2, 0.25) is 0 Å². The van der Waals surface area contributed by atoms with Crippen molar-refractivity contribution in [1.82, 2.24) is 0 Å². The molecule has 2 aliphatic heterocycles. The molecule has 0 radical (unpaired) electrons. The fraction of sp³-hybridized carbons (Fsp3) is 0.556. The third kappa shape index (κ3) is 4.04. The zero-order valence-corrected chi connectivity index (χ0v) is 14.8. The van der Waals surface area contributed by atoms with Gasteiger partial charge in [-0.05, 0) is 0 Å². The Morgan fingerprint density at radius 1 is 1.00 bits per heavy atom. The molecule has 0 bridgehead atoms. The first-order valence-electron chi connectivity index (χ1n) is 8.34. The summed E-state index contributed by atoms with van der Waals surface area (Å²) in [7, 11) is 1.42. The Kier molecular flexibility index (Phi) is 5.87. The number of carbonyl (C=O) groups is 2. The highest BCUT2D eigenvalue weighted by atomic mass is 16.8. The second kappa shape index (κ2) is 8.13. The predicted octanol–water partition coefficient (Wildman–Crippen LogP) is 1.34. The molecular weight excluding hydrogens is 344 g/mol. The Bertz CT molecular complexity index is 633. The quantitative estimate of drug-likeness (QED) is 0.738. The molecule has 0 aliphatic carbocycles. The molecule has 8 nitrogen and oxygen atoms in total. The summed E-state index contributed by atoms with van der Waals surface area (Å²) < 4.78 is 33.6. The molecule has 8 heteroatoms. The van der Waals surface area contributed by atoms with Crippen LogP contribution in [0, 0.1) is 0 Å². The fourth-order valence-corrected chi connectivity index (χ4v) is 3.16. The summed E-state index contributed by atoms with van der Waals surface area (Å²) in [5.74, 6) is -1.06. The smallest absolute Gasteiger partial charge is 0.303 e. The Labute approximate surface area is 151 Å². The number of methoxy groups -OCH3 is 1. The van der Waals surface area contributed by atoms with Gasteiger partial charge < -0.3 is 28.4 Å². The summed E-state index contributed by atoms with van der Waals surface area (Å²) in [5.41, 5.74) is 0.824. The van der Waals surface area contributed by atoms with E-state index in [1.54, 1.807) is 0 Å². The molecule has 0 spiro atoms. The van der Waals surface area contributed by atoms with E-state index in [1.165, 1.54) is 21.0 Å². The standard InChI is InChI=1S/C18H22O8/c1-10(19)23-15-14-13(25-18(21-3)16(15)24-11(2)20)9-22-17(26-14)12-7-5-4-6-8-12/h4-8,13-18H,9H2,1-3H3/t13-,14+,15-,16+,17?,18-/m0/s1. The number of hydrogen-bond acceptors (Lipinski definition) is 8. The molecule has 0 saturated carbocycles. The summed E-state index contributed by atoms with van der Waals surface area (Å²) in [6.45, 7) is 2.76. The van der Waals surface area contributed by atoms with Crippen LogP contribution in [0.1, 0.15) is 25.7 Å². The van der Waals surface area contributed by atoms with Crippen molar-refractivity contribution in [2.24, 2.45) is 0 Å². The number of benzene rings is 1. The predicted molar refractivity (Wildman–Crippen MR) is 86.8 cm³/mol. The van der Waals surface area contributed by atoms with Gasteiger partial charge >= 0.3 is 11.9 Å². The average molecular weight is 366 g/mol. The first kappa shape index (κ1) is 18.8. The second-order valence-electron chi connectivity index (χ2n) is 6.10. The third-order valence-corrected chi connectivity index (χ3v) is 4.19. The highest BCUT2D eigenvalue weighted by Crippen LogP contribution is 2.36. The first-order chi connectivity index (χ1) is 12.5. The zero-order chi connectivity index (χ0) is 18.7. The SMILES string of the molecule is CO[C@H]1O[C@H]2COC(c3ccccc3)O[C@H]2[C@H](OC(C)=O)[C@H]1OC(C)=O. The largest absolute Gasteiger partial charge is 0.455 e. The lowest BCUT2D eigenvalue weighted by Crippen LogP contribution is -2.64.